The van der Waals surface area contributed by atoms with Crippen LogP contribution in [-0.4, -0.2) is 40.6 Å². The molecule has 1 atom stereocenters. The summed E-state index contributed by atoms with van der Waals surface area (Å²) in [6.45, 7) is 2.64. The van der Waals surface area contributed by atoms with Crippen molar-refractivity contribution in [3.05, 3.63) is 0 Å². The average molecular weight is 221 g/mol. The summed E-state index contributed by atoms with van der Waals surface area (Å²) in [7, 11) is 4.17. The van der Waals surface area contributed by atoms with E-state index in [9.17, 15) is 0 Å². The Kier molecular flexibility index (Phi) is 4.01. The van der Waals surface area contributed by atoms with Crippen molar-refractivity contribution >= 4 is 33.3 Å². The zero-order chi connectivity index (χ0) is 8.23. The molecule has 0 amide bonds. The van der Waals surface area contributed by atoms with Crippen molar-refractivity contribution in [2.45, 2.75) is 18.2 Å². The number of nitrogens with zero attached hydrogens (tertiary/aromatic N) is 1. The van der Waals surface area contributed by atoms with E-state index in [2.05, 4.69) is 38.2 Å². The van der Waals surface area contributed by atoms with Gasteiger partial charge >= 0.3 is 0 Å². The molecule has 0 spiro atoms. The fraction of sp³-hybridized carbons (Fsp3) is 1.00. The SMILES string of the molecule is C1CSSC(N2CCSCC2)C1. The average Bonchev–Trinajstić information content (AvgIpc) is 2.21. The predicted molar refractivity (Wildman–Crippen MR) is 62.0 cm³/mol. The molecule has 0 aromatic rings. The maximum Gasteiger partial charge on any atom is 0.0662 e. The van der Waals surface area contributed by atoms with Gasteiger partial charge < -0.3 is 0 Å². The molecule has 2 rings (SSSR count). The van der Waals surface area contributed by atoms with E-state index in [1.54, 1.807) is 0 Å². The predicted octanol–water partition coefficient (Wildman–Crippen LogP) is 2.54. The van der Waals surface area contributed by atoms with Crippen LogP contribution in [0.1, 0.15) is 12.8 Å². The molecule has 12 heavy (non-hydrogen) atoms. The van der Waals surface area contributed by atoms with Crippen molar-refractivity contribution in [3.63, 3.8) is 0 Å². The number of hydrogen-bond donors (Lipinski definition) is 0. The lowest BCUT2D eigenvalue weighted by atomic mass is 10.3. The van der Waals surface area contributed by atoms with E-state index in [0.29, 0.717) is 0 Å². The van der Waals surface area contributed by atoms with Crippen LogP contribution in [0.3, 0.4) is 0 Å². The molecule has 2 aliphatic rings. The summed E-state index contributed by atoms with van der Waals surface area (Å²) in [5.74, 6) is 4.06. The minimum Gasteiger partial charge on any atom is -0.289 e. The molecule has 0 bridgehead atoms. The summed E-state index contributed by atoms with van der Waals surface area (Å²) in [6, 6.07) is 0. The molecule has 2 saturated heterocycles. The lowest BCUT2D eigenvalue weighted by Gasteiger charge is -2.35. The van der Waals surface area contributed by atoms with Crippen LogP contribution in [0.2, 0.25) is 0 Å². The second kappa shape index (κ2) is 5.03. The van der Waals surface area contributed by atoms with Crippen LogP contribution in [0.5, 0.6) is 0 Å². The topological polar surface area (TPSA) is 3.24 Å². The highest BCUT2D eigenvalue weighted by molar-refractivity contribution is 8.77. The van der Waals surface area contributed by atoms with Crippen molar-refractivity contribution in [1.82, 2.24) is 4.90 Å². The van der Waals surface area contributed by atoms with E-state index in [1.807, 2.05) is 0 Å². The van der Waals surface area contributed by atoms with Gasteiger partial charge in [-0.05, 0) is 12.8 Å². The highest BCUT2D eigenvalue weighted by Crippen LogP contribution is 2.38. The van der Waals surface area contributed by atoms with E-state index in [1.165, 1.54) is 43.2 Å². The van der Waals surface area contributed by atoms with Crippen molar-refractivity contribution in [1.29, 1.82) is 0 Å². The standard InChI is InChI=1S/C8H15NS3/c1-2-8(12-11-5-1)9-3-6-10-7-4-9/h8H,1-7H2. The highest BCUT2D eigenvalue weighted by atomic mass is 33.1. The Morgan fingerprint density at radius 1 is 1.08 bits per heavy atom. The van der Waals surface area contributed by atoms with Gasteiger partial charge in [0.2, 0.25) is 0 Å². The minimum atomic E-state index is 0.838. The van der Waals surface area contributed by atoms with Crippen molar-refractivity contribution in [2.24, 2.45) is 0 Å². The Bertz CT molecular complexity index is 114. The third kappa shape index (κ3) is 2.50. The van der Waals surface area contributed by atoms with E-state index in [4.69, 9.17) is 0 Å². The summed E-state index contributed by atoms with van der Waals surface area (Å²) in [5.41, 5.74) is 0. The maximum absolute atomic E-state index is 2.67. The van der Waals surface area contributed by atoms with Crippen LogP contribution in [0.4, 0.5) is 0 Å². The van der Waals surface area contributed by atoms with Gasteiger partial charge in [-0.15, -0.1) is 0 Å². The Morgan fingerprint density at radius 3 is 2.58 bits per heavy atom. The maximum atomic E-state index is 2.67. The largest absolute Gasteiger partial charge is 0.289 e. The molecular formula is C8H15NS3. The molecule has 0 radical (unpaired) electrons. The zero-order valence-electron chi connectivity index (χ0n) is 7.20. The first-order chi connectivity index (χ1) is 5.97. The van der Waals surface area contributed by atoms with Gasteiger partial charge in [-0.2, -0.15) is 11.8 Å². The Balaban J connectivity index is 1.80. The first-order valence-electron chi connectivity index (χ1n) is 4.57. The lowest BCUT2D eigenvalue weighted by molar-refractivity contribution is 0.272. The van der Waals surface area contributed by atoms with Crippen molar-refractivity contribution in [2.75, 3.05) is 30.3 Å². The molecule has 1 nitrogen and oxygen atoms in total. The van der Waals surface area contributed by atoms with Gasteiger partial charge in [0, 0.05) is 30.3 Å². The monoisotopic (exact) mass is 221 g/mol. The molecule has 4 heteroatoms. The zero-order valence-corrected chi connectivity index (χ0v) is 9.65. The van der Waals surface area contributed by atoms with Crippen LogP contribution in [0.15, 0.2) is 0 Å². The number of thioether (sulfide) groups is 1. The molecule has 2 heterocycles. The summed E-state index contributed by atoms with van der Waals surface area (Å²) >= 11 is 2.10. The molecule has 0 saturated carbocycles. The minimum absolute atomic E-state index is 0.838. The van der Waals surface area contributed by atoms with Gasteiger partial charge in [-0.1, -0.05) is 21.6 Å². The van der Waals surface area contributed by atoms with Crippen molar-refractivity contribution in [3.8, 4) is 0 Å². The van der Waals surface area contributed by atoms with Gasteiger partial charge in [0.1, 0.15) is 0 Å². The normalized spacial score (nSPS) is 33.5. The van der Waals surface area contributed by atoms with E-state index >= 15 is 0 Å². The first kappa shape index (κ1) is 9.56. The van der Waals surface area contributed by atoms with Gasteiger partial charge in [0.15, 0.2) is 0 Å². The summed E-state index contributed by atoms with van der Waals surface area (Å²) in [4.78, 5) is 2.67. The van der Waals surface area contributed by atoms with E-state index < -0.39 is 0 Å². The fourth-order valence-electron chi connectivity index (χ4n) is 1.60. The van der Waals surface area contributed by atoms with Crippen LogP contribution >= 0.6 is 33.3 Å². The second-order valence-corrected chi connectivity index (χ2v) is 7.05. The third-order valence-corrected chi connectivity index (χ3v) is 6.18. The molecule has 0 aromatic carbocycles. The Labute approximate surface area is 86.8 Å². The van der Waals surface area contributed by atoms with Crippen LogP contribution in [0, 0.1) is 0 Å². The molecule has 0 aliphatic carbocycles. The highest BCUT2D eigenvalue weighted by Gasteiger charge is 2.23. The van der Waals surface area contributed by atoms with Gasteiger partial charge in [0.05, 0.1) is 5.37 Å². The fourth-order valence-corrected chi connectivity index (χ4v) is 5.43. The third-order valence-electron chi connectivity index (χ3n) is 2.31. The quantitative estimate of drug-likeness (QED) is 0.626. The Hall–Kier alpha value is 1.01. The van der Waals surface area contributed by atoms with Crippen LogP contribution in [-0.2, 0) is 0 Å². The molecular weight excluding hydrogens is 206 g/mol. The summed E-state index contributed by atoms with van der Waals surface area (Å²) < 4.78 is 0. The molecule has 2 fully saturated rings. The number of rotatable bonds is 1. The molecule has 70 valence electrons. The van der Waals surface area contributed by atoms with Gasteiger partial charge in [-0.25, -0.2) is 0 Å². The van der Waals surface area contributed by atoms with Gasteiger partial charge in [-0.3, -0.25) is 4.90 Å². The smallest absolute Gasteiger partial charge is 0.0662 e. The molecule has 0 aromatic heterocycles. The van der Waals surface area contributed by atoms with Crippen LogP contribution in [0.25, 0.3) is 0 Å². The van der Waals surface area contributed by atoms with E-state index in [0.717, 1.165) is 5.37 Å². The molecule has 2 aliphatic heterocycles. The van der Waals surface area contributed by atoms with Gasteiger partial charge in [0.25, 0.3) is 0 Å². The Morgan fingerprint density at radius 2 is 1.92 bits per heavy atom. The van der Waals surface area contributed by atoms with Crippen molar-refractivity contribution < 1.29 is 0 Å². The summed E-state index contributed by atoms with van der Waals surface area (Å²) in [5, 5.41) is 0.838. The molecule has 0 N–H and O–H groups in total. The molecule has 1 unspecified atom stereocenters. The second-order valence-electron chi connectivity index (χ2n) is 3.16. The number of hydrogen-bond acceptors (Lipinski definition) is 4. The van der Waals surface area contributed by atoms with Crippen LogP contribution < -0.4 is 0 Å². The summed E-state index contributed by atoms with van der Waals surface area (Å²) in [6.07, 6.45) is 2.84. The first-order valence-corrected chi connectivity index (χ1v) is 8.10. The van der Waals surface area contributed by atoms with E-state index in [-0.39, 0.29) is 0 Å². The lowest BCUT2D eigenvalue weighted by Crippen LogP contribution is -2.39.